The highest BCUT2D eigenvalue weighted by molar-refractivity contribution is 5.95. The highest BCUT2D eigenvalue weighted by Crippen LogP contribution is 2.23. The van der Waals surface area contributed by atoms with Crippen LogP contribution in [0, 0.1) is 12.8 Å². The maximum atomic E-state index is 12.6. The summed E-state index contributed by atoms with van der Waals surface area (Å²) in [5.41, 5.74) is 1.16. The van der Waals surface area contributed by atoms with E-state index in [9.17, 15) is 14.7 Å². The second-order valence-electron chi connectivity index (χ2n) is 4.96. The van der Waals surface area contributed by atoms with Crippen molar-refractivity contribution >= 4 is 11.9 Å². The molecule has 0 radical (unpaired) electrons. The van der Waals surface area contributed by atoms with Crippen molar-refractivity contribution in [1.82, 2.24) is 15.1 Å². The average Bonchev–Trinajstić information content (AvgIpc) is 3.03. The number of aryl methyl sites for hydroxylation is 1. The molecule has 1 aromatic rings. The Morgan fingerprint density at radius 3 is 2.85 bits per heavy atom. The van der Waals surface area contributed by atoms with E-state index >= 15 is 0 Å². The molecule has 2 N–H and O–H groups in total. The highest BCUT2D eigenvalue weighted by atomic mass is 16.5. The zero-order chi connectivity index (χ0) is 14.7. The number of aromatic nitrogens is 2. The maximum absolute atomic E-state index is 12.6. The lowest BCUT2D eigenvalue weighted by Crippen LogP contribution is -2.47. The van der Waals surface area contributed by atoms with E-state index in [1.54, 1.807) is 11.8 Å². The van der Waals surface area contributed by atoms with Crippen molar-refractivity contribution in [2.45, 2.75) is 26.3 Å². The van der Waals surface area contributed by atoms with Gasteiger partial charge < -0.3 is 14.7 Å². The summed E-state index contributed by atoms with van der Waals surface area (Å²) in [6.45, 7) is 4.64. The molecule has 0 saturated carbocycles. The number of aromatic amines is 1. The number of ether oxygens (including phenoxy) is 1. The zero-order valence-electron chi connectivity index (χ0n) is 11.6. The molecular weight excluding hydrogens is 262 g/mol. The summed E-state index contributed by atoms with van der Waals surface area (Å²) in [6, 6.07) is -0.422. The molecule has 1 aromatic heterocycles. The van der Waals surface area contributed by atoms with Gasteiger partial charge in [0.25, 0.3) is 5.91 Å². The van der Waals surface area contributed by atoms with Crippen molar-refractivity contribution in [2.75, 3.05) is 19.8 Å². The lowest BCUT2D eigenvalue weighted by molar-refractivity contribution is -0.142. The SMILES string of the molecule is CCCN(C(=O)c1cn[nH]c1C)C1COCC1C(=O)O. The first-order chi connectivity index (χ1) is 9.56. The van der Waals surface area contributed by atoms with Crippen LogP contribution in [-0.2, 0) is 9.53 Å². The van der Waals surface area contributed by atoms with Crippen LogP contribution in [0.2, 0.25) is 0 Å². The molecule has 1 saturated heterocycles. The van der Waals surface area contributed by atoms with Gasteiger partial charge in [0.1, 0.15) is 5.92 Å². The van der Waals surface area contributed by atoms with Gasteiger partial charge in [-0.2, -0.15) is 5.10 Å². The van der Waals surface area contributed by atoms with Crippen molar-refractivity contribution in [3.8, 4) is 0 Å². The molecule has 2 heterocycles. The molecule has 2 rings (SSSR count). The van der Waals surface area contributed by atoms with Crippen LogP contribution in [0.5, 0.6) is 0 Å². The normalized spacial score (nSPS) is 21.9. The summed E-state index contributed by atoms with van der Waals surface area (Å²) in [6.07, 6.45) is 2.23. The molecular formula is C13H19N3O4. The Balaban J connectivity index is 2.24. The first-order valence-corrected chi connectivity index (χ1v) is 6.67. The quantitative estimate of drug-likeness (QED) is 0.827. The zero-order valence-corrected chi connectivity index (χ0v) is 11.6. The lowest BCUT2D eigenvalue weighted by atomic mass is 10.0. The van der Waals surface area contributed by atoms with Gasteiger partial charge in [0.05, 0.1) is 31.0 Å². The average molecular weight is 281 g/mol. The van der Waals surface area contributed by atoms with Crippen LogP contribution in [0.15, 0.2) is 6.20 Å². The van der Waals surface area contributed by atoms with Crippen LogP contribution >= 0.6 is 0 Å². The van der Waals surface area contributed by atoms with Crippen LogP contribution < -0.4 is 0 Å². The number of carbonyl (C=O) groups excluding carboxylic acids is 1. The Kier molecular flexibility index (Phi) is 4.39. The van der Waals surface area contributed by atoms with Gasteiger partial charge in [-0.15, -0.1) is 0 Å². The topological polar surface area (TPSA) is 95.5 Å². The van der Waals surface area contributed by atoms with Crippen LogP contribution in [-0.4, -0.2) is 57.9 Å². The third-order valence-corrected chi connectivity index (χ3v) is 3.55. The van der Waals surface area contributed by atoms with Crippen molar-refractivity contribution < 1.29 is 19.4 Å². The molecule has 7 nitrogen and oxygen atoms in total. The first kappa shape index (κ1) is 14.5. The Morgan fingerprint density at radius 2 is 2.30 bits per heavy atom. The van der Waals surface area contributed by atoms with E-state index < -0.39 is 17.9 Å². The number of hydrogen-bond donors (Lipinski definition) is 2. The first-order valence-electron chi connectivity index (χ1n) is 6.67. The third-order valence-electron chi connectivity index (χ3n) is 3.55. The number of carboxylic acids is 1. The minimum Gasteiger partial charge on any atom is -0.481 e. The summed E-state index contributed by atoms with van der Waals surface area (Å²) in [5.74, 6) is -1.79. The molecule has 2 unspecified atom stereocenters. The van der Waals surface area contributed by atoms with Crippen LogP contribution in [0.4, 0.5) is 0 Å². The highest BCUT2D eigenvalue weighted by Gasteiger charge is 2.40. The van der Waals surface area contributed by atoms with Gasteiger partial charge in [0.15, 0.2) is 0 Å². The standard InChI is InChI=1S/C13H19N3O4/c1-3-4-16(11-7-20-6-10(11)13(18)19)12(17)9-5-14-15-8(9)2/h5,10-11H,3-4,6-7H2,1-2H3,(H,14,15)(H,18,19). The summed E-state index contributed by atoms with van der Waals surface area (Å²) >= 11 is 0. The number of carbonyl (C=O) groups is 2. The van der Waals surface area contributed by atoms with Crippen molar-refractivity contribution in [1.29, 1.82) is 0 Å². The second-order valence-corrected chi connectivity index (χ2v) is 4.96. The number of H-pyrrole nitrogens is 1. The summed E-state index contributed by atoms with van der Waals surface area (Å²) in [4.78, 5) is 25.5. The smallest absolute Gasteiger partial charge is 0.311 e. The summed E-state index contributed by atoms with van der Waals surface area (Å²) in [7, 11) is 0. The summed E-state index contributed by atoms with van der Waals surface area (Å²) in [5, 5.41) is 15.8. The van der Waals surface area contributed by atoms with Crippen LogP contribution in [0.25, 0.3) is 0 Å². The monoisotopic (exact) mass is 281 g/mol. The van der Waals surface area contributed by atoms with Gasteiger partial charge in [-0.3, -0.25) is 14.7 Å². The molecule has 1 aliphatic heterocycles. The van der Waals surface area contributed by atoms with Crippen molar-refractivity contribution in [2.24, 2.45) is 5.92 Å². The fourth-order valence-corrected chi connectivity index (χ4v) is 2.47. The van der Waals surface area contributed by atoms with E-state index in [2.05, 4.69) is 10.2 Å². The number of nitrogens with one attached hydrogen (secondary N) is 1. The number of nitrogens with zero attached hydrogens (tertiary/aromatic N) is 2. The largest absolute Gasteiger partial charge is 0.481 e. The van der Waals surface area contributed by atoms with E-state index in [0.717, 1.165) is 6.42 Å². The molecule has 110 valence electrons. The molecule has 20 heavy (non-hydrogen) atoms. The number of aliphatic carboxylic acids is 1. The maximum Gasteiger partial charge on any atom is 0.311 e. The Morgan fingerprint density at radius 1 is 1.55 bits per heavy atom. The summed E-state index contributed by atoms with van der Waals surface area (Å²) < 4.78 is 5.26. The van der Waals surface area contributed by atoms with E-state index in [-0.39, 0.29) is 19.1 Å². The Labute approximate surface area is 116 Å². The number of rotatable bonds is 5. The molecule has 2 atom stereocenters. The molecule has 0 aromatic carbocycles. The molecule has 0 spiro atoms. The predicted molar refractivity (Wildman–Crippen MR) is 70.4 cm³/mol. The Bertz CT molecular complexity index is 500. The van der Waals surface area contributed by atoms with Gasteiger partial charge in [-0.25, -0.2) is 0 Å². The predicted octanol–water partition coefficient (Wildman–Crippen LogP) is 0.670. The molecule has 1 aliphatic rings. The lowest BCUT2D eigenvalue weighted by Gasteiger charge is -2.30. The molecule has 1 fully saturated rings. The molecule has 0 aliphatic carbocycles. The minimum atomic E-state index is -0.926. The number of carboxylic acid groups (broad SMARTS) is 1. The molecule has 1 amide bonds. The second kappa shape index (κ2) is 6.04. The third kappa shape index (κ3) is 2.67. The molecule has 0 bridgehead atoms. The van der Waals surface area contributed by atoms with Gasteiger partial charge in [-0.05, 0) is 13.3 Å². The van der Waals surface area contributed by atoms with Gasteiger partial charge in [-0.1, -0.05) is 6.92 Å². The van der Waals surface area contributed by atoms with E-state index in [1.807, 2.05) is 6.92 Å². The van der Waals surface area contributed by atoms with E-state index in [4.69, 9.17) is 4.74 Å². The van der Waals surface area contributed by atoms with Gasteiger partial charge in [0.2, 0.25) is 0 Å². The van der Waals surface area contributed by atoms with Crippen LogP contribution in [0.3, 0.4) is 0 Å². The van der Waals surface area contributed by atoms with Crippen molar-refractivity contribution in [3.63, 3.8) is 0 Å². The molecule has 7 heteroatoms. The van der Waals surface area contributed by atoms with Gasteiger partial charge in [0, 0.05) is 12.2 Å². The fourth-order valence-electron chi connectivity index (χ4n) is 2.47. The van der Waals surface area contributed by atoms with E-state index in [0.29, 0.717) is 17.8 Å². The van der Waals surface area contributed by atoms with Crippen molar-refractivity contribution in [3.05, 3.63) is 17.5 Å². The van der Waals surface area contributed by atoms with Crippen LogP contribution in [0.1, 0.15) is 29.4 Å². The number of hydrogen-bond acceptors (Lipinski definition) is 4. The van der Waals surface area contributed by atoms with E-state index in [1.165, 1.54) is 6.20 Å². The number of amides is 1. The Hall–Kier alpha value is -1.89. The van der Waals surface area contributed by atoms with Gasteiger partial charge >= 0.3 is 5.97 Å². The fraction of sp³-hybridized carbons (Fsp3) is 0.615. The minimum absolute atomic E-state index is 0.151.